The quantitative estimate of drug-likeness (QED) is 0.660. The molecule has 19 heavy (non-hydrogen) atoms. The molecule has 0 aliphatic heterocycles. The number of nitrogens with one attached hydrogen (secondary N) is 1. The van der Waals surface area contributed by atoms with Crippen LogP contribution in [0.2, 0.25) is 0 Å². The normalized spacial score (nSPS) is 11.0. The van der Waals surface area contributed by atoms with Crippen molar-refractivity contribution in [2.45, 2.75) is 26.3 Å². The summed E-state index contributed by atoms with van der Waals surface area (Å²) in [5, 5.41) is 13.9. The van der Waals surface area contributed by atoms with Crippen LogP contribution in [-0.2, 0) is 0 Å². The number of rotatable bonds is 4. The zero-order valence-corrected chi connectivity index (χ0v) is 12.7. The molecule has 0 saturated carbocycles. The lowest BCUT2D eigenvalue weighted by Crippen LogP contribution is -2.31. The van der Waals surface area contributed by atoms with Crippen LogP contribution in [0.15, 0.2) is 17.2 Å². The van der Waals surface area contributed by atoms with Gasteiger partial charge in [-0.15, -0.1) is 12.4 Å². The molecular weight excluding hydrogens is 268 g/mol. The van der Waals surface area contributed by atoms with Gasteiger partial charge in [-0.1, -0.05) is 0 Å². The third kappa shape index (κ3) is 5.26. The Morgan fingerprint density at radius 2 is 1.63 bits per heavy atom. The monoisotopic (exact) mass is 288 g/mol. The standard InChI is InChI=1S/C13H20N2O3.ClH/c1-13(2,3)15-14-8-9-6-10(17-4)12(16)11(7-9)18-5;/h6-8,15-16H,1-5H3;1H. The molecule has 5 nitrogen and oxygen atoms in total. The van der Waals surface area contributed by atoms with Crippen molar-refractivity contribution in [1.82, 2.24) is 5.43 Å². The summed E-state index contributed by atoms with van der Waals surface area (Å²) >= 11 is 0. The minimum absolute atomic E-state index is 0. The number of ether oxygens (including phenoxy) is 2. The van der Waals surface area contributed by atoms with Gasteiger partial charge in [0.05, 0.1) is 20.4 Å². The Morgan fingerprint density at radius 3 is 2.00 bits per heavy atom. The van der Waals surface area contributed by atoms with Gasteiger partial charge in [-0.2, -0.15) is 5.10 Å². The van der Waals surface area contributed by atoms with Crippen molar-refractivity contribution in [2.24, 2.45) is 5.10 Å². The molecule has 0 amide bonds. The Balaban J connectivity index is 0.00000324. The third-order valence-electron chi connectivity index (χ3n) is 2.12. The number of methoxy groups -OCH3 is 2. The first kappa shape index (κ1) is 17.4. The SMILES string of the molecule is COc1cc(C=NNC(C)(C)C)cc(OC)c1O.Cl. The lowest BCUT2D eigenvalue weighted by atomic mass is 10.1. The van der Waals surface area contributed by atoms with Gasteiger partial charge in [-0.25, -0.2) is 0 Å². The van der Waals surface area contributed by atoms with Gasteiger partial charge in [-0.3, -0.25) is 0 Å². The van der Waals surface area contributed by atoms with E-state index in [4.69, 9.17) is 9.47 Å². The highest BCUT2D eigenvalue weighted by atomic mass is 35.5. The van der Waals surface area contributed by atoms with Gasteiger partial charge in [0.25, 0.3) is 0 Å². The van der Waals surface area contributed by atoms with E-state index in [2.05, 4.69) is 10.5 Å². The van der Waals surface area contributed by atoms with Crippen molar-refractivity contribution in [3.8, 4) is 17.2 Å². The molecule has 0 radical (unpaired) electrons. The fraction of sp³-hybridized carbons (Fsp3) is 0.462. The molecule has 0 fully saturated rings. The molecule has 6 heteroatoms. The summed E-state index contributed by atoms with van der Waals surface area (Å²) < 4.78 is 10.1. The molecule has 2 N–H and O–H groups in total. The Labute approximate surface area is 120 Å². The van der Waals surface area contributed by atoms with Gasteiger partial charge in [0.15, 0.2) is 11.5 Å². The van der Waals surface area contributed by atoms with E-state index in [1.165, 1.54) is 14.2 Å². The number of aromatic hydroxyl groups is 1. The summed E-state index contributed by atoms with van der Waals surface area (Å²) in [6, 6.07) is 3.37. The van der Waals surface area contributed by atoms with Crippen molar-refractivity contribution in [1.29, 1.82) is 0 Å². The lowest BCUT2D eigenvalue weighted by molar-refractivity contribution is 0.340. The Kier molecular flexibility index (Phi) is 6.48. The molecule has 0 spiro atoms. The number of halogens is 1. The van der Waals surface area contributed by atoms with E-state index in [1.807, 2.05) is 20.8 Å². The third-order valence-corrected chi connectivity index (χ3v) is 2.12. The van der Waals surface area contributed by atoms with Crippen molar-refractivity contribution in [3.63, 3.8) is 0 Å². The van der Waals surface area contributed by atoms with E-state index in [0.29, 0.717) is 11.5 Å². The molecule has 0 atom stereocenters. The lowest BCUT2D eigenvalue weighted by Gasteiger charge is -2.17. The van der Waals surface area contributed by atoms with Gasteiger partial charge in [-0.05, 0) is 32.9 Å². The largest absolute Gasteiger partial charge is 0.502 e. The molecule has 0 aliphatic rings. The number of nitrogens with zero attached hydrogens (tertiary/aromatic N) is 1. The van der Waals surface area contributed by atoms with E-state index < -0.39 is 0 Å². The summed E-state index contributed by atoms with van der Waals surface area (Å²) in [6.45, 7) is 6.05. The summed E-state index contributed by atoms with van der Waals surface area (Å²) in [7, 11) is 2.98. The number of phenols is 1. The van der Waals surface area contributed by atoms with Gasteiger partial charge in [0.1, 0.15) is 0 Å². The van der Waals surface area contributed by atoms with Crippen molar-refractivity contribution >= 4 is 18.6 Å². The first-order chi connectivity index (χ1) is 8.37. The van der Waals surface area contributed by atoms with Crippen LogP contribution in [-0.4, -0.2) is 31.1 Å². The molecule has 0 aliphatic carbocycles. The van der Waals surface area contributed by atoms with E-state index in [0.717, 1.165) is 5.56 Å². The average molecular weight is 289 g/mol. The molecule has 0 saturated heterocycles. The summed E-state index contributed by atoms with van der Waals surface area (Å²) in [4.78, 5) is 0. The van der Waals surface area contributed by atoms with Crippen LogP contribution in [0.5, 0.6) is 17.2 Å². The van der Waals surface area contributed by atoms with Crippen LogP contribution in [0, 0.1) is 0 Å². The minimum Gasteiger partial charge on any atom is -0.502 e. The molecule has 0 aromatic heterocycles. The maximum Gasteiger partial charge on any atom is 0.200 e. The first-order valence-corrected chi connectivity index (χ1v) is 5.62. The van der Waals surface area contributed by atoms with E-state index in [9.17, 15) is 5.11 Å². The van der Waals surface area contributed by atoms with E-state index >= 15 is 0 Å². The van der Waals surface area contributed by atoms with Gasteiger partial charge in [0.2, 0.25) is 5.75 Å². The number of hydrogen-bond donors (Lipinski definition) is 2. The van der Waals surface area contributed by atoms with E-state index in [1.54, 1.807) is 18.3 Å². The van der Waals surface area contributed by atoms with Crippen molar-refractivity contribution in [3.05, 3.63) is 17.7 Å². The fourth-order valence-corrected chi connectivity index (χ4v) is 1.29. The molecule has 1 aromatic rings. The van der Waals surface area contributed by atoms with Crippen LogP contribution in [0.4, 0.5) is 0 Å². The number of phenolic OH excluding ortho intramolecular Hbond substituents is 1. The Bertz CT molecular complexity index is 417. The predicted octanol–water partition coefficient (Wildman–Crippen LogP) is 2.55. The van der Waals surface area contributed by atoms with Gasteiger partial charge < -0.3 is 20.0 Å². The summed E-state index contributed by atoms with van der Waals surface area (Å²) in [6.07, 6.45) is 1.65. The summed E-state index contributed by atoms with van der Waals surface area (Å²) in [5.74, 6) is 0.694. The fourth-order valence-electron chi connectivity index (χ4n) is 1.29. The van der Waals surface area contributed by atoms with Gasteiger partial charge in [0, 0.05) is 11.1 Å². The average Bonchev–Trinajstić information content (AvgIpc) is 2.29. The Hall–Kier alpha value is -1.62. The predicted molar refractivity (Wildman–Crippen MR) is 78.9 cm³/mol. The molecular formula is C13H21ClN2O3. The zero-order valence-electron chi connectivity index (χ0n) is 11.9. The first-order valence-electron chi connectivity index (χ1n) is 5.62. The molecule has 0 heterocycles. The second-order valence-electron chi connectivity index (χ2n) is 4.89. The molecule has 1 rings (SSSR count). The van der Waals surface area contributed by atoms with Crippen LogP contribution in [0.1, 0.15) is 26.3 Å². The maximum absolute atomic E-state index is 9.76. The minimum atomic E-state index is -0.0956. The Morgan fingerprint density at radius 1 is 1.16 bits per heavy atom. The van der Waals surface area contributed by atoms with Crippen molar-refractivity contribution in [2.75, 3.05) is 14.2 Å². The van der Waals surface area contributed by atoms with Crippen LogP contribution < -0.4 is 14.9 Å². The smallest absolute Gasteiger partial charge is 0.200 e. The van der Waals surface area contributed by atoms with Crippen LogP contribution in [0.3, 0.4) is 0 Å². The highest BCUT2D eigenvalue weighted by Gasteiger charge is 2.10. The molecule has 108 valence electrons. The van der Waals surface area contributed by atoms with Gasteiger partial charge >= 0.3 is 0 Å². The maximum atomic E-state index is 9.76. The zero-order chi connectivity index (χ0) is 13.8. The number of hydrazone groups is 1. The second-order valence-corrected chi connectivity index (χ2v) is 4.89. The molecule has 0 bridgehead atoms. The number of hydrogen-bond acceptors (Lipinski definition) is 5. The van der Waals surface area contributed by atoms with Crippen molar-refractivity contribution < 1.29 is 14.6 Å². The molecule has 1 aromatic carbocycles. The van der Waals surface area contributed by atoms with Crippen LogP contribution >= 0.6 is 12.4 Å². The topological polar surface area (TPSA) is 63.1 Å². The van der Waals surface area contributed by atoms with Crippen LogP contribution in [0.25, 0.3) is 0 Å². The summed E-state index contributed by atoms with van der Waals surface area (Å²) in [5.41, 5.74) is 3.67. The second kappa shape index (κ2) is 7.09. The highest BCUT2D eigenvalue weighted by molar-refractivity contribution is 5.85. The van der Waals surface area contributed by atoms with E-state index in [-0.39, 0.29) is 23.7 Å². The molecule has 0 unspecified atom stereocenters. The highest BCUT2D eigenvalue weighted by Crippen LogP contribution is 2.36. The number of benzene rings is 1.